The highest BCUT2D eigenvalue weighted by atomic mass is 32.1. The fraction of sp³-hybridized carbons (Fsp3) is 0.400. The van der Waals surface area contributed by atoms with Crippen LogP contribution in [0.5, 0.6) is 0 Å². The minimum absolute atomic E-state index is 0.00212. The summed E-state index contributed by atoms with van der Waals surface area (Å²) < 4.78 is 0. The number of thiocarbonyl (C=S) groups is 1. The first-order valence-electron chi connectivity index (χ1n) is 7.02. The third-order valence-electron chi connectivity index (χ3n) is 3.25. The SMILES string of the molecule is CCCC(=O)Nc1cccc(CN2C(=O)C(C)NC2=S)c1. The molecular formula is C15H19N3O2S. The Morgan fingerprint density at radius 1 is 1.48 bits per heavy atom. The second-order valence-corrected chi connectivity index (χ2v) is 5.48. The van der Waals surface area contributed by atoms with Gasteiger partial charge in [-0.15, -0.1) is 0 Å². The van der Waals surface area contributed by atoms with E-state index in [2.05, 4.69) is 10.6 Å². The van der Waals surface area contributed by atoms with E-state index < -0.39 is 0 Å². The molecule has 0 aromatic heterocycles. The van der Waals surface area contributed by atoms with E-state index >= 15 is 0 Å². The number of hydrogen-bond acceptors (Lipinski definition) is 3. The first kappa shape index (κ1) is 15.4. The average molecular weight is 305 g/mol. The monoisotopic (exact) mass is 305 g/mol. The van der Waals surface area contributed by atoms with Crippen molar-refractivity contribution in [1.29, 1.82) is 0 Å². The van der Waals surface area contributed by atoms with E-state index in [-0.39, 0.29) is 17.9 Å². The Balaban J connectivity index is 2.06. The first-order chi connectivity index (χ1) is 10.0. The van der Waals surface area contributed by atoms with Gasteiger partial charge in [0.1, 0.15) is 6.04 Å². The van der Waals surface area contributed by atoms with E-state index in [0.29, 0.717) is 18.1 Å². The highest BCUT2D eigenvalue weighted by molar-refractivity contribution is 7.80. The van der Waals surface area contributed by atoms with Crippen LogP contribution >= 0.6 is 12.2 Å². The topological polar surface area (TPSA) is 61.4 Å². The molecule has 0 bridgehead atoms. The minimum atomic E-state index is -0.273. The van der Waals surface area contributed by atoms with Gasteiger partial charge >= 0.3 is 0 Å². The normalized spacial score (nSPS) is 17.8. The van der Waals surface area contributed by atoms with Gasteiger partial charge in [-0.25, -0.2) is 0 Å². The molecule has 2 rings (SSSR count). The summed E-state index contributed by atoms with van der Waals surface area (Å²) in [7, 11) is 0. The molecular weight excluding hydrogens is 286 g/mol. The van der Waals surface area contributed by atoms with Gasteiger partial charge in [0.2, 0.25) is 5.91 Å². The zero-order valence-corrected chi connectivity index (χ0v) is 13.0. The Morgan fingerprint density at radius 2 is 2.24 bits per heavy atom. The van der Waals surface area contributed by atoms with Gasteiger partial charge in [0.05, 0.1) is 6.54 Å². The van der Waals surface area contributed by atoms with Crippen LogP contribution in [0.3, 0.4) is 0 Å². The van der Waals surface area contributed by atoms with Crippen molar-refractivity contribution >= 4 is 34.8 Å². The number of hydrogen-bond donors (Lipinski definition) is 2. The molecule has 2 amide bonds. The smallest absolute Gasteiger partial charge is 0.251 e. The molecule has 5 nitrogen and oxygen atoms in total. The van der Waals surface area contributed by atoms with E-state index in [1.165, 1.54) is 0 Å². The molecule has 1 aliphatic rings. The largest absolute Gasteiger partial charge is 0.351 e. The van der Waals surface area contributed by atoms with Crippen LogP contribution in [-0.4, -0.2) is 27.9 Å². The molecule has 1 aromatic carbocycles. The molecule has 1 fully saturated rings. The number of anilines is 1. The molecule has 2 N–H and O–H groups in total. The lowest BCUT2D eigenvalue weighted by molar-refractivity contribution is -0.127. The van der Waals surface area contributed by atoms with Crippen molar-refractivity contribution < 1.29 is 9.59 Å². The van der Waals surface area contributed by atoms with Crippen molar-refractivity contribution in [2.24, 2.45) is 0 Å². The number of benzene rings is 1. The van der Waals surface area contributed by atoms with Crippen molar-refractivity contribution in [2.75, 3.05) is 5.32 Å². The van der Waals surface area contributed by atoms with Crippen molar-refractivity contribution in [3.8, 4) is 0 Å². The number of nitrogens with one attached hydrogen (secondary N) is 2. The van der Waals surface area contributed by atoms with Crippen molar-refractivity contribution in [3.05, 3.63) is 29.8 Å². The van der Waals surface area contributed by atoms with Crippen molar-refractivity contribution in [1.82, 2.24) is 10.2 Å². The Morgan fingerprint density at radius 3 is 2.86 bits per heavy atom. The molecule has 1 atom stereocenters. The molecule has 0 aliphatic carbocycles. The van der Waals surface area contributed by atoms with Gasteiger partial charge in [-0.2, -0.15) is 0 Å². The number of rotatable bonds is 5. The number of amides is 2. The quantitative estimate of drug-likeness (QED) is 0.817. The Bertz CT molecular complexity index is 574. The standard InChI is InChI=1S/C15H19N3O2S/c1-3-5-13(19)17-12-7-4-6-11(8-12)9-18-14(20)10(2)16-15(18)21/h4,6-8,10H,3,5,9H2,1-2H3,(H,16,21)(H,17,19). The summed E-state index contributed by atoms with van der Waals surface area (Å²) in [6, 6.07) is 7.20. The van der Waals surface area contributed by atoms with Gasteiger partial charge in [-0.1, -0.05) is 19.1 Å². The van der Waals surface area contributed by atoms with Gasteiger partial charge in [0.15, 0.2) is 5.11 Å². The van der Waals surface area contributed by atoms with Crippen molar-refractivity contribution in [3.63, 3.8) is 0 Å². The molecule has 21 heavy (non-hydrogen) atoms. The van der Waals surface area contributed by atoms with Gasteiger partial charge in [-0.05, 0) is 43.3 Å². The van der Waals surface area contributed by atoms with Crippen LogP contribution < -0.4 is 10.6 Å². The lowest BCUT2D eigenvalue weighted by Crippen LogP contribution is -2.30. The van der Waals surface area contributed by atoms with Crippen LogP contribution in [0.15, 0.2) is 24.3 Å². The molecule has 1 aliphatic heterocycles. The summed E-state index contributed by atoms with van der Waals surface area (Å²) in [4.78, 5) is 25.1. The zero-order valence-electron chi connectivity index (χ0n) is 12.2. The van der Waals surface area contributed by atoms with Crippen LogP contribution in [0.25, 0.3) is 0 Å². The lowest BCUT2D eigenvalue weighted by Gasteiger charge is -2.15. The van der Waals surface area contributed by atoms with E-state index in [4.69, 9.17) is 12.2 Å². The maximum absolute atomic E-state index is 12.0. The highest BCUT2D eigenvalue weighted by Gasteiger charge is 2.31. The highest BCUT2D eigenvalue weighted by Crippen LogP contribution is 2.16. The molecule has 1 heterocycles. The van der Waals surface area contributed by atoms with Gasteiger partial charge in [-0.3, -0.25) is 14.5 Å². The second kappa shape index (κ2) is 6.67. The molecule has 0 spiro atoms. The lowest BCUT2D eigenvalue weighted by atomic mass is 10.2. The van der Waals surface area contributed by atoms with Crippen molar-refractivity contribution in [2.45, 2.75) is 39.3 Å². The van der Waals surface area contributed by atoms with Crippen LogP contribution in [0, 0.1) is 0 Å². The van der Waals surface area contributed by atoms with Gasteiger partial charge in [0.25, 0.3) is 5.91 Å². The maximum Gasteiger partial charge on any atom is 0.251 e. The van der Waals surface area contributed by atoms with E-state index in [1.807, 2.05) is 31.2 Å². The molecule has 112 valence electrons. The van der Waals surface area contributed by atoms with E-state index in [9.17, 15) is 9.59 Å². The summed E-state index contributed by atoms with van der Waals surface area (Å²) in [5.74, 6) is -0.0295. The molecule has 0 saturated carbocycles. The summed E-state index contributed by atoms with van der Waals surface area (Å²) in [6.07, 6.45) is 1.31. The zero-order chi connectivity index (χ0) is 15.4. The van der Waals surface area contributed by atoms with Crippen LogP contribution in [0.4, 0.5) is 5.69 Å². The summed E-state index contributed by atoms with van der Waals surface area (Å²) in [5, 5.41) is 6.24. The Hall–Kier alpha value is -1.95. The Kier molecular flexibility index (Phi) is 4.90. The first-order valence-corrected chi connectivity index (χ1v) is 7.42. The fourth-order valence-corrected chi connectivity index (χ4v) is 2.52. The summed E-state index contributed by atoms with van der Waals surface area (Å²) >= 11 is 5.16. The number of carbonyl (C=O) groups excluding carboxylic acids is 2. The Labute approximate surface area is 129 Å². The molecule has 1 unspecified atom stereocenters. The third-order valence-corrected chi connectivity index (χ3v) is 3.59. The molecule has 0 radical (unpaired) electrons. The van der Waals surface area contributed by atoms with Crippen LogP contribution in [-0.2, 0) is 16.1 Å². The van der Waals surface area contributed by atoms with Gasteiger partial charge in [0, 0.05) is 12.1 Å². The average Bonchev–Trinajstić information content (AvgIpc) is 2.66. The fourth-order valence-electron chi connectivity index (χ4n) is 2.19. The summed E-state index contributed by atoms with van der Waals surface area (Å²) in [5.41, 5.74) is 1.67. The van der Waals surface area contributed by atoms with Crippen LogP contribution in [0.1, 0.15) is 32.3 Å². The number of carbonyl (C=O) groups is 2. The minimum Gasteiger partial charge on any atom is -0.351 e. The second-order valence-electron chi connectivity index (χ2n) is 5.09. The van der Waals surface area contributed by atoms with E-state index in [1.54, 1.807) is 11.8 Å². The predicted octanol–water partition coefficient (Wildman–Crippen LogP) is 2.03. The predicted molar refractivity (Wildman–Crippen MR) is 85.7 cm³/mol. The summed E-state index contributed by atoms with van der Waals surface area (Å²) in [6.45, 7) is 4.16. The molecule has 6 heteroatoms. The maximum atomic E-state index is 12.0. The van der Waals surface area contributed by atoms with Gasteiger partial charge < -0.3 is 10.6 Å². The van der Waals surface area contributed by atoms with E-state index in [0.717, 1.165) is 17.7 Å². The molecule has 1 saturated heterocycles. The van der Waals surface area contributed by atoms with Crippen LogP contribution in [0.2, 0.25) is 0 Å². The molecule has 1 aromatic rings. The number of nitrogens with zero attached hydrogens (tertiary/aromatic N) is 1. The third kappa shape index (κ3) is 3.78.